The van der Waals surface area contributed by atoms with Gasteiger partial charge in [-0.05, 0) is 38.7 Å². The van der Waals surface area contributed by atoms with E-state index in [1.165, 1.54) is 23.7 Å². The number of nitrogens with one attached hydrogen (secondary N) is 1. The van der Waals surface area contributed by atoms with Crippen LogP contribution in [0.5, 0.6) is 0 Å². The summed E-state index contributed by atoms with van der Waals surface area (Å²) >= 11 is 1.52. The lowest BCUT2D eigenvalue weighted by Gasteiger charge is -2.26. The number of aromatic amines is 1. The summed E-state index contributed by atoms with van der Waals surface area (Å²) < 4.78 is 0. The molecule has 138 valence electrons. The third-order valence-electron chi connectivity index (χ3n) is 4.79. The van der Waals surface area contributed by atoms with E-state index < -0.39 is 0 Å². The maximum atomic E-state index is 12.5. The summed E-state index contributed by atoms with van der Waals surface area (Å²) in [6.07, 6.45) is 3.41. The normalized spacial score (nSPS) is 15.7. The zero-order valence-electron chi connectivity index (χ0n) is 15.3. The van der Waals surface area contributed by atoms with Crippen LogP contribution in [0.4, 0.5) is 0 Å². The molecule has 0 radical (unpaired) electrons. The molecule has 1 fully saturated rings. The van der Waals surface area contributed by atoms with Gasteiger partial charge in [0.1, 0.15) is 0 Å². The molecule has 6 heteroatoms. The van der Waals surface area contributed by atoms with Crippen molar-refractivity contribution in [3.63, 3.8) is 0 Å². The number of rotatable bonds is 5. The average molecular weight is 372 g/mol. The minimum atomic E-state index is -0.203. The Hall–Kier alpha value is -2.08. The molecule has 0 saturated carbocycles. The molecule has 2 heterocycles. The van der Waals surface area contributed by atoms with Gasteiger partial charge in [0.05, 0.1) is 6.42 Å². The first-order valence-electron chi connectivity index (χ1n) is 9.14. The molecule has 1 amide bonds. The molecule has 1 aromatic heterocycles. The van der Waals surface area contributed by atoms with E-state index in [1.807, 2.05) is 30.0 Å². The number of H-pyrrole nitrogens is 1. The van der Waals surface area contributed by atoms with E-state index in [2.05, 4.69) is 29.0 Å². The molecule has 1 aliphatic heterocycles. The summed E-state index contributed by atoms with van der Waals surface area (Å²) in [6, 6.07) is 10.1. The first-order chi connectivity index (χ1) is 12.5. The molecule has 26 heavy (non-hydrogen) atoms. The maximum absolute atomic E-state index is 12.5. The summed E-state index contributed by atoms with van der Waals surface area (Å²) in [5, 5.41) is 0.776. The van der Waals surface area contributed by atoms with E-state index in [0.717, 1.165) is 25.9 Å². The van der Waals surface area contributed by atoms with E-state index >= 15 is 0 Å². The number of piperidine rings is 1. The Kier molecular flexibility index (Phi) is 6.14. The lowest BCUT2D eigenvalue weighted by molar-refractivity contribution is -0.131. The molecule has 0 spiro atoms. The van der Waals surface area contributed by atoms with Gasteiger partial charge in [-0.15, -0.1) is 0 Å². The topological polar surface area (TPSA) is 66.1 Å². The molecule has 1 aliphatic rings. The Morgan fingerprint density at radius 2 is 1.92 bits per heavy atom. The third-order valence-corrected chi connectivity index (χ3v) is 5.84. The zero-order chi connectivity index (χ0) is 18.5. The van der Waals surface area contributed by atoms with Crippen molar-refractivity contribution in [3.8, 4) is 0 Å². The van der Waals surface area contributed by atoms with Gasteiger partial charge in [0.15, 0.2) is 5.16 Å². The second-order valence-corrected chi connectivity index (χ2v) is 8.05. The van der Waals surface area contributed by atoms with Gasteiger partial charge < -0.3 is 9.88 Å². The van der Waals surface area contributed by atoms with Crippen molar-refractivity contribution in [1.29, 1.82) is 0 Å². The monoisotopic (exact) mass is 371 g/mol. The molecule has 1 unspecified atom stereocenters. The van der Waals surface area contributed by atoms with Crippen LogP contribution in [0.3, 0.4) is 0 Å². The summed E-state index contributed by atoms with van der Waals surface area (Å²) in [6.45, 7) is 5.49. The van der Waals surface area contributed by atoms with Crippen molar-refractivity contribution in [2.24, 2.45) is 0 Å². The summed E-state index contributed by atoms with van der Waals surface area (Å²) in [4.78, 5) is 34.2. The fourth-order valence-corrected chi connectivity index (χ4v) is 4.18. The first-order valence-corrected chi connectivity index (χ1v) is 10.0. The molecule has 2 aromatic rings. The van der Waals surface area contributed by atoms with E-state index in [0.29, 0.717) is 16.4 Å². The predicted molar refractivity (Wildman–Crippen MR) is 104 cm³/mol. The minimum Gasteiger partial charge on any atom is -0.342 e. The average Bonchev–Trinajstić information content (AvgIpc) is 2.66. The van der Waals surface area contributed by atoms with Crippen LogP contribution in [0, 0.1) is 6.92 Å². The van der Waals surface area contributed by atoms with E-state index in [-0.39, 0.29) is 23.1 Å². The molecule has 1 N–H and O–H groups in total. The largest absolute Gasteiger partial charge is 0.342 e. The van der Waals surface area contributed by atoms with Gasteiger partial charge in [0, 0.05) is 29.6 Å². The fraction of sp³-hybridized carbons (Fsp3) is 0.450. The van der Waals surface area contributed by atoms with E-state index in [4.69, 9.17) is 0 Å². The SMILES string of the molecule is Cc1nc(SC(C)c2ccccc2)[nH]c(=O)c1CC(=O)N1CCCCC1. The van der Waals surface area contributed by atoms with Crippen LogP contribution >= 0.6 is 11.8 Å². The lowest BCUT2D eigenvalue weighted by Crippen LogP contribution is -2.37. The number of benzene rings is 1. The third kappa shape index (κ3) is 4.55. The minimum absolute atomic E-state index is 0.0261. The smallest absolute Gasteiger partial charge is 0.255 e. The van der Waals surface area contributed by atoms with Crippen LogP contribution in [0.1, 0.15) is 48.3 Å². The van der Waals surface area contributed by atoms with Crippen LogP contribution < -0.4 is 5.56 Å². The zero-order valence-corrected chi connectivity index (χ0v) is 16.1. The number of amides is 1. The van der Waals surface area contributed by atoms with Gasteiger partial charge >= 0.3 is 0 Å². The fourth-order valence-electron chi connectivity index (χ4n) is 3.21. The van der Waals surface area contributed by atoms with Gasteiger partial charge in [-0.3, -0.25) is 9.59 Å². The van der Waals surface area contributed by atoms with Gasteiger partial charge in [0.25, 0.3) is 5.56 Å². The standard InChI is InChI=1S/C20H25N3O2S/c1-14-17(13-18(24)23-11-7-4-8-12-23)19(25)22-20(21-14)26-15(2)16-9-5-3-6-10-16/h3,5-6,9-10,15H,4,7-8,11-13H2,1-2H3,(H,21,22,25). The molecular formula is C20H25N3O2S. The molecule has 1 aromatic carbocycles. The highest BCUT2D eigenvalue weighted by atomic mass is 32.2. The quantitative estimate of drug-likeness (QED) is 0.645. The number of aryl methyl sites for hydroxylation is 1. The molecule has 3 rings (SSSR count). The summed E-state index contributed by atoms with van der Waals surface area (Å²) in [7, 11) is 0. The van der Waals surface area contributed by atoms with Gasteiger partial charge in [-0.25, -0.2) is 4.98 Å². The molecule has 5 nitrogen and oxygen atoms in total. The van der Waals surface area contributed by atoms with Crippen molar-refractivity contribution in [1.82, 2.24) is 14.9 Å². The number of thioether (sulfide) groups is 1. The Morgan fingerprint density at radius 1 is 1.23 bits per heavy atom. The number of hydrogen-bond donors (Lipinski definition) is 1. The van der Waals surface area contributed by atoms with Crippen LogP contribution in [0.2, 0.25) is 0 Å². The molecule has 1 atom stereocenters. The van der Waals surface area contributed by atoms with E-state index in [1.54, 1.807) is 0 Å². The first kappa shape index (κ1) is 18.7. The Morgan fingerprint density at radius 3 is 2.58 bits per heavy atom. The van der Waals surface area contributed by atoms with Gasteiger partial charge in [0.2, 0.25) is 5.91 Å². The second-order valence-electron chi connectivity index (χ2n) is 6.72. The molecule has 0 aliphatic carbocycles. The summed E-state index contributed by atoms with van der Waals surface area (Å²) in [5.74, 6) is 0.0261. The predicted octanol–water partition coefficient (Wildman–Crippen LogP) is 3.49. The van der Waals surface area contributed by atoms with Crippen LogP contribution in [0.15, 0.2) is 40.3 Å². The number of likely N-dealkylation sites (tertiary alicyclic amines) is 1. The Bertz CT molecular complexity index is 814. The second kappa shape index (κ2) is 8.54. The van der Waals surface area contributed by atoms with Crippen molar-refractivity contribution in [3.05, 3.63) is 57.5 Å². The number of carbonyl (C=O) groups excluding carboxylic acids is 1. The number of aromatic nitrogens is 2. The van der Waals surface area contributed by atoms with Crippen molar-refractivity contribution >= 4 is 17.7 Å². The lowest BCUT2D eigenvalue weighted by atomic mass is 10.1. The van der Waals surface area contributed by atoms with Crippen LogP contribution in [0.25, 0.3) is 0 Å². The van der Waals surface area contributed by atoms with Crippen LogP contribution in [-0.4, -0.2) is 33.9 Å². The molecule has 1 saturated heterocycles. The highest BCUT2D eigenvalue weighted by molar-refractivity contribution is 7.99. The van der Waals surface area contributed by atoms with Crippen molar-refractivity contribution < 1.29 is 4.79 Å². The highest BCUT2D eigenvalue weighted by Crippen LogP contribution is 2.32. The van der Waals surface area contributed by atoms with Gasteiger partial charge in [-0.2, -0.15) is 0 Å². The highest BCUT2D eigenvalue weighted by Gasteiger charge is 2.20. The number of hydrogen-bond acceptors (Lipinski definition) is 4. The van der Waals surface area contributed by atoms with Crippen molar-refractivity contribution in [2.75, 3.05) is 13.1 Å². The number of carbonyl (C=O) groups is 1. The maximum Gasteiger partial charge on any atom is 0.255 e. The van der Waals surface area contributed by atoms with Crippen LogP contribution in [-0.2, 0) is 11.2 Å². The summed E-state index contributed by atoms with van der Waals surface area (Å²) in [5.41, 5.74) is 2.10. The molecule has 0 bridgehead atoms. The Balaban J connectivity index is 1.72. The number of nitrogens with zero attached hydrogens (tertiary/aromatic N) is 2. The van der Waals surface area contributed by atoms with Gasteiger partial charge in [-0.1, -0.05) is 42.1 Å². The Labute approximate surface area is 158 Å². The van der Waals surface area contributed by atoms with E-state index in [9.17, 15) is 9.59 Å². The van der Waals surface area contributed by atoms with Crippen molar-refractivity contribution in [2.45, 2.75) is 49.9 Å². The molecular weight excluding hydrogens is 346 g/mol.